The van der Waals surface area contributed by atoms with Gasteiger partial charge >= 0.3 is 12.1 Å². The Balaban J connectivity index is 2.01. The molecule has 1 aliphatic heterocycles. The number of nitrogens with one attached hydrogen (secondary N) is 2. The first-order valence-corrected chi connectivity index (χ1v) is 12.8. The summed E-state index contributed by atoms with van der Waals surface area (Å²) in [4.78, 5) is 62.7. The minimum Gasteiger partial charge on any atom is -0.480 e. The van der Waals surface area contributed by atoms with Crippen LogP contribution in [0.25, 0.3) is 0 Å². The number of nitrogens with zero attached hydrogens (tertiary/aromatic N) is 1. The van der Waals surface area contributed by atoms with E-state index in [0.717, 1.165) is 24.8 Å². The summed E-state index contributed by atoms with van der Waals surface area (Å²) >= 11 is 3.02. The SMILES string of the molecule is O=C(CBr)CCC(NC(=O)C(CCC(=O)N1CCCCC1)NC(=O)OCc1ccccc1)C(=O)O. The summed E-state index contributed by atoms with van der Waals surface area (Å²) in [6, 6.07) is 6.49. The molecule has 10 nitrogen and oxygen atoms in total. The average molecular weight is 554 g/mol. The van der Waals surface area contributed by atoms with Gasteiger partial charge in [-0.15, -0.1) is 0 Å². The van der Waals surface area contributed by atoms with Crippen molar-refractivity contribution >= 4 is 45.6 Å². The minimum atomic E-state index is -1.31. The number of rotatable bonds is 13. The topological polar surface area (TPSA) is 142 Å². The van der Waals surface area contributed by atoms with Gasteiger partial charge in [0.05, 0.1) is 5.33 Å². The highest BCUT2D eigenvalue weighted by Crippen LogP contribution is 2.12. The van der Waals surface area contributed by atoms with Gasteiger partial charge in [-0.05, 0) is 37.7 Å². The number of ether oxygens (including phenoxy) is 1. The van der Waals surface area contributed by atoms with E-state index in [1.165, 1.54) is 0 Å². The second-order valence-electron chi connectivity index (χ2n) is 8.35. The molecular formula is C24H32BrN3O7. The molecule has 35 heavy (non-hydrogen) atoms. The molecule has 0 bridgehead atoms. The number of amides is 3. The number of benzene rings is 1. The Labute approximate surface area is 212 Å². The lowest BCUT2D eigenvalue weighted by Gasteiger charge is -2.27. The van der Waals surface area contributed by atoms with Crippen molar-refractivity contribution in [3.05, 3.63) is 35.9 Å². The van der Waals surface area contributed by atoms with Gasteiger partial charge in [0.2, 0.25) is 11.8 Å². The van der Waals surface area contributed by atoms with Crippen LogP contribution in [0.4, 0.5) is 4.79 Å². The van der Waals surface area contributed by atoms with E-state index >= 15 is 0 Å². The van der Waals surface area contributed by atoms with Crippen LogP contribution < -0.4 is 10.6 Å². The molecule has 3 amide bonds. The fourth-order valence-corrected chi connectivity index (χ4v) is 3.93. The van der Waals surface area contributed by atoms with Crippen LogP contribution in [0.3, 0.4) is 0 Å². The van der Waals surface area contributed by atoms with E-state index in [1.807, 2.05) is 6.07 Å². The maximum atomic E-state index is 12.9. The number of piperidine rings is 1. The molecular weight excluding hydrogens is 522 g/mol. The molecule has 2 rings (SSSR count). The molecule has 0 radical (unpaired) electrons. The second kappa shape index (κ2) is 15.1. The van der Waals surface area contributed by atoms with Crippen molar-refractivity contribution in [3.8, 4) is 0 Å². The van der Waals surface area contributed by atoms with Crippen LogP contribution >= 0.6 is 15.9 Å². The van der Waals surface area contributed by atoms with Gasteiger partial charge in [-0.3, -0.25) is 14.4 Å². The van der Waals surface area contributed by atoms with Gasteiger partial charge in [-0.25, -0.2) is 9.59 Å². The molecule has 1 aromatic carbocycles. The van der Waals surface area contributed by atoms with Crippen LogP contribution in [0.15, 0.2) is 30.3 Å². The highest BCUT2D eigenvalue weighted by atomic mass is 79.9. The molecule has 1 heterocycles. The highest BCUT2D eigenvalue weighted by molar-refractivity contribution is 9.09. The van der Waals surface area contributed by atoms with Gasteiger partial charge in [0.15, 0.2) is 0 Å². The molecule has 3 N–H and O–H groups in total. The smallest absolute Gasteiger partial charge is 0.408 e. The zero-order valence-corrected chi connectivity index (χ0v) is 21.1. The Morgan fingerprint density at radius 1 is 0.943 bits per heavy atom. The van der Waals surface area contributed by atoms with Crippen molar-refractivity contribution in [3.63, 3.8) is 0 Å². The van der Waals surface area contributed by atoms with Gasteiger partial charge in [-0.2, -0.15) is 0 Å². The van der Waals surface area contributed by atoms with Crippen LogP contribution in [-0.4, -0.2) is 70.2 Å². The lowest BCUT2D eigenvalue weighted by atomic mass is 10.1. The number of hydrogen-bond acceptors (Lipinski definition) is 6. The number of ketones is 1. The van der Waals surface area contributed by atoms with E-state index < -0.39 is 30.1 Å². The van der Waals surface area contributed by atoms with E-state index in [4.69, 9.17) is 4.74 Å². The van der Waals surface area contributed by atoms with Crippen LogP contribution in [0.1, 0.15) is 50.5 Å². The maximum Gasteiger partial charge on any atom is 0.408 e. The second-order valence-corrected chi connectivity index (χ2v) is 8.91. The normalized spacial score (nSPS) is 14.9. The van der Waals surface area contributed by atoms with Crippen molar-refractivity contribution < 1.29 is 33.8 Å². The van der Waals surface area contributed by atoms with E-state index in [9.17, 15) is 29.1 Å². The Morgan fingerprint density at radius 3 is 2.23 bits per heavy atom. The molecule has 0 aromatic heterocycles. The quantitative estimate of drug-likeness (QED) is 0.318. The van der Waals surface area contributed by atoms with E-state index in [1.54, 1.807) is 29.2 Å². The maximum absolute atomic E-state index is 12.9. The first kappa shape index (κ1) is 28.3. The average Bonchev–Trinajstić information content (AvgIpc) is 2.88. The van der Waals surface area contributed by atoms with Gasteiger partial charge in [0, 0.05) is 25.9 Å². The summed E-state index contributed by atoms with van der Waals surface area (Å²) < 4.78 is 5.19. The zero-order chi connectivity index (χ0) is 25.6. The zero-order valence-electron chi connectivity index (χ0n) is 19.5. The van der Waals surface area contributed by atoms with Crippen LogP contribution in [-0.2, 0) is 30.5 Å². The summed E-state index contributed by atoms with van der Waals surface area (Å²) in [5.74, 6) is -2.38. The monoisotopic (exact) mass is 553 g/mol. The first-order valence-electron chi connectivity index (χ1n) is 11.7. The van der Waals surface area contributed by atoms with Crippen LogP contribution in [0.5, 0.6) is 0 Å². The van der Waals surface area contributed by atoms with Crippen molar-refractivity contribution in [2.45, 2.75) is 63.6 Å². The molecule has 1 aliphatic rings. The molecule has 2 unspecified atom stereocenters. The Morgan fingerprint density at radius 2 is 1.60 bits per heavy atom. The summed E-state index contributed by atoms with van der Waals surface area (Å²) in [6.07, 6.45) is 1.92. The van der Waals surface area contributed by atoms with Gasteiger partial charge in [-0.1, -0.05) is 46.3 Å². The highest BCUT2D eigenvalue weighted by Gasteiger charge is 2.28. The number of carbonyl (C=O) groups is 5. The summed E-state index contributed by atoms with van der Waals surface area (Å²) in [5.41, 5.74) is 0.756. The molecule has 11 heteroatoms. The van der Waals surface area contributed by atoms with E-state index in [-0.39, 0.29) is 49.3 Å². The number of likely N-dealkylation sites (tertiary alicyclic amines) is 1. The third-order valence-corrected chi connectivity index (χ3v) is 6.28. The van der Waals surface area contributed by atoms with Crippen LogP contribution in [0.2, 0.25) is 0 Å². The lowest BCUT2D eigenvalue weighted by Crippen LogP contribution is -2.52. The Bertz CT molecular complexity index is 875. The van der Waals surface area contributed by atoms with Gasteiger partial charge < -0.3 is 25.4 Å². The van der Waals surface area contributed by atoms with E-state index in [0.29, 0.717) is 13.1 Å². The number of alkyl halides is 1. The Kier molecular flexibility index (Phi) is 12.2. The van der Waals surface area contributed by atoms with Crippen molar-refractivity contribution in [1.29, 1.82) is 0 Å². The van der Waals surface area contributed by atoms with Crippen molar-refractivity contribution in [2.75, 3.05) is 18.4 Å². The number of Topliss-reactive ketones (excluding diaryl/α,β-unsaturated/α-hetero) is 1. The number of carboxylic acid groups (broad SMARTS) is 1. The molecule has 1 saturated heterocycles. The molecule has 0 saturated carbocycles. The lowest BCUT2D eigenvalue weighted by molar-refractivity contribution is -0.142. The first-order chi connectivity index (χ1) is 16.8. The van der Waals surface area contributed by atoms with E-state index in [2.05, 4.69) is 26.6 Å². The molecule has 0 spiro atoms. The number of carboxylic acids is 1. The third-order valence-electron chi connectivity index (χ3n) is 5.65. The standard InChI is InChI=1S/C24H32BrN3O7/c25-15-18(29)9-10-20(23(32)33)26-22(31)19(11-12-21(30)28-13-5-2-6-14-28)27-24(34)35-16-17-7-3-1-4-8-17/h1,3-4,7-8,19-20H,2,5-6,9-16H2,(H,26,31)(H,27,34)(H,32,33). The molecule has 0 aliphatic carbocycles. The minimum absolute atomic E-state index is 0.0108. The summed E-state index contributed by atoms with van der Waals surface area (Å²) in [5, 5.41) is 14.4. The third kappa shape index (κ3) is 10.5. The fourth-order valence-electron chi connectivity index (χ4n) is 3.65. The van der Waals surface area contributed by atoms with Crippen LogP contribution in [0, 0.1) is 0 Å². The number of carbonyl (C=O) groups excluding carboxylic acids is 4. The molecule has 2 atom stereocenters. The molecule has 1 fully saturated rings. The van der Waals surface area contributed by atoms with Crippen molar-refractivity contribution in [1.82, 2.24) is 15.5 Å². The summed E-state index contributed by atoms with van der Waals surface area (Å²) in [7, 11) is 0. The largest absolute Gasteiger partial charge is 0.480 e. The number of alkyl carbamates (subject to hydrolysis) is 1. The Hall–Kier alpha value is -2.95. The number of aliphatic carboxylic acids is 1. The number of halogens is 1. The predicted molar refractivity (Wildman–Crippen MR) is 131 cm³/mol. The molecule has 1 aromatic rings. The van der Waals surface area contributed by atoms with Crippen molar-refractivity contribution in [2.24, 2.45) is 0 Å². The van der Waals surface area contributed by atoms with Gasteiger partial charge in [0.1, 0.15) is 24.5 Å². The summed E-state index contributed by atoms with van der Waals surface area (Å²) in [6.45, 7) is 1.30. The van der Waals surface area contributed by atoms with Gasteiger partial charge in [0.25, 0.3) is 0 Å². The number of hydrogen-bond donors (Lipinski definition) is 3. The molecule has 192 valence electrons. The fraction of sp³-hybridized carbons (Fsp3) is 0.542. The predicted octanol–water partition coefficient (Wildman–Crippen LogP) is 2.39.